The van der Waals surface area contributed by atoms with E-state index in [0.29, 0.717) is 5.39 Å². The lowest BCUT2D eigenvalue weighted by Crippen LogP contribution is -2.19. The van der Waals surface area contributed by atoms with Crippen molar-refractivity contribution in [3.8, 4) is 22.5 Å². The van der Waals surface area contributed by atoms with Gasteiger partial charge in [0.05, 0.1) is 22.3 Å². The van der Waals surface area contributed by atoms with Crippen molar-refractivity contribution >= 4 is 16.6 Å². The number of H-pyrrole nitrogens is 1. The van der Waals surface area contributed by atoms with E-state index in [-0.39, 0.29) is 5.56 Å². The summed E-state index contributed by atoms with van der Waals surface area (Å²) in [5.41, 5.74) is 5.09. The normalized spacial score (nSPS) is 11.4. The first-order valence-electron chi connectivity index (χ1n) is 8.30. The van der Waals surface area contributed by atoms with E-state index in [1.54, 1.807) is 17.8 Å². The Morgan fingerprint density at radius 3 is 2.54 bits per heavy atom. The summed E-state index contributed by atoms with van der Waals surface area (Å²) in [4.78, 5) is 12.8. The summed E-state index contributed by atoms with van der Waals surface area (Å²) in [6.45, 7) is 0. The summed E-state index contributed by atoms with van der Waals surface area (Å²) < 4.78 is 3.46. The van der Waals surface area contributed by atoms with Crippen LogP contribution in [-0.2, 0) is 7.05 Å². The van der Waals surface area contributed by atoms with Gasteiger partial charge in [-0.1, -0.05) is 36.4 Å². The maximum Gasteiger partial charge on any atom is 0.261 e. The number of hydrogen-bond acceptors (Lipinski definition) is 3. The second-order valence-electron chi connectivity index (χ2n) is 6.22. The van der Waals surface area contributed by atoms with Gasteiger partial charge in [-0.05, 0) is 18.2 Å². The third-order valence-electron chi connectivity index (χ3n) is 4.66. The highest BCUT2D eigenvalue weighted by molar-refractivity contribution is 5.85. The van der Waals surface area contributed by atoms with Crippen molar-refractivity contribution in [3.63, 3.8) is 0 Å². The fourth-order valence-electron chi connectivity index (χ4n) is 3.29. The van der Waals surface area contributed by atoms with E-state index in [2.05, 4.69) is 10.2 Å². The topological polar surface area (TPSA) is 68.0 Å². The maximum atomic E-state index is 12.8. The molecular formula is C20H15N5O. The highest BCUT2D eigenvalue weighted by Crippen LogP contribution is 2.24. The molecule has 0 bridgehead atoms. The quantitative estimate of drug-likeness (QED) is 0.536. The first-order chi connectivity index (χ1) is 12.7. The molecule has 5 aromatic rings. The molecule has 3 aromatic heterocycles. The molecule has 0 fully saturated rings. The van der Waals surface area contributed by atoms with Gasteiger partial charge in [0.1, 0.15) is 5.65 Å². The number of nitrogens with zero attached hydrogens (tertiary/aromatic N) is 4. The first kappa shape index (κ1) is 14.7. The van der Waals surface area contributed by atoms with Gasteiger partial charge in [-0.15, -0.1) is 0 Å². The van der Waals surface area contributed by atoms with Crippen LogP contribution >= 0.6 is 0 Å². The molecule has 0 spiro atoms. The molecule has 6 nitrogen and oxygen atoms in total. The summed E-state index contributed by atoms with van der Waals surface area (Å²) in [7, 11) is 1.77. The molecule has 5 rings (SSSR count). The number of rotatable bonds is 2. The lowest BCUT2D eigenvalue weighted by atomic mass is 10.1. The SMILES string of the molecule is Cn1c(=O)c2ccc(-c3cc[nH]n3)cc2n2nc(-c3ccccc3)cc12. The molecule has 0 aliphatic heterocycles. The van der Waals surface area contributed by atoms with Gasteiger partial charge in [0, 0.05) is 30.4 Å². The Morgan fingerprint density at radius 1 is 0.923 bits per heavy atom. The monoisotopic (exact) mass is 341 g/mol. The van der Waals surface area contributed by atoms with Crippen molar-refractivity contribution in [1.82, 2.24) is 24.4 Å². The van der Waals surface area contributed by atoms with Crippen molar-refractivity contribution in [3.05, 3.63) is 77.2 Å². The lowest BCUT2D eigenvalue weighted by Gasteiger charge is -2.07. The highest BCUT2D eigenvalue weighted by atomic mass is 16.1. The standard InChI is InChI=1S/C20H15N5O/c1-24-19-12-17(13-5-3-2-4-6-13)23-25(19)18-11-14(16-9-10-21-22-16)7-8-15(18)20(24)26/h2-12H,1H3,(H,21,22). The van der Waals surface area contributed by atoms with Crippen LogP contribution in [0.4, 0.5) is 0 Å². The molecule has 0 aliphatic rings. The van der Waals surface area contributed by atoms with Gasteiger partial charge in [-0.25, -0.2) is 4.52 Å². The van der Waals surface area contributed by atoms with Crippen LogP contribution in [0.25, 0.3) is 39.1 Å². The average Bonchev–Trinajstić information content (AvgIpc) is 3.36. The summed E-state index contributed by atoms with van der Waals surface area (Å²) in [6, 6.07) is 19.5. The van der Waals surface area contributed by atoms with Crippen LogP contribution in [0.1, 0.15) is 0 Å². The molecule has 0 saturated heterocycles. The molecule has 0 radical (unpaired) electrons. The summed E-state index contributed by atoms with van der Waals surface area (Å²) in [6.07, 6.45) is 1.78. The zero-order valence-corrected chi connectivity index (χ0v) is 14.0. The molecule has 3 heterocycles. The molecule has 2 aromatic carbocycles. The van der Waals surface area contributed by atoms with Crippen LogP contribution in [0.2, 0.25) is 0 Å². The third kappa shape index (κ3) is 2.09. The largest absolute Gasteiger partial charge is 0.296 e. The van der Waals surface area contributed by atoms with Crippen LogP contribution < -0.4 is 5.56 Å². The number of aromatic amines is 1. The Balaban J connectivity index is 1.86. The molecule has 26 heavy (non-hydrogen) atoms. The minimum atomic E-state index is -0.0411. The van der Waals surface area contributed by atoms with Gasteiger partial charge in [0.25, 0.3) is 5.56 Å². The Bertz CT molecular complexity index is 1300. The van der Waals surface area contributed by atoms with Crippen LogP contribution in [0, 0.1) is 0 Å². The minimum absolute atomic E-state index is 0.0411. The second kappa shape index (κ2) is 5.42. The number of aromatic nitrogens is 5. The lowest BCUT2D eigenvalue weighted by molar-refractivity contribution is 0.850. The molecule has 0 aliphatic carbocycles. The second-order valence-corrected chi connectivity index (χ2v) is 6.22. The minimum Gasteiger partial charge on any atom is -0.296 e. The summed E-state index contributed by atoms with van der Waals surface area (Å²) in [5.74, 6) is 0. The fourth-order valence-corrected chi connectivity index (χ4v) is 3.29. The van der Waals surface area contributed by atoms with E-state index >= 15 is 0 Å². The number of fused-ring (bicyclic) bond motifs is 3. The van der Waals surface area contributed by atoms with E-state index in [1.807, 2.05) is 65.2 Å². The Hall–Kier alpha value is -3.67. The van der Waals surface area contributed by atoms with Gasteiger partial charge < -0.3 is 0 Å². The number of nitrogens with one attached hydrogen (secondary N) is 1. The Kier molecular flexibility index (Phi) is 3.05. The van der Waals surface area contributed by atoms with Crippen LogP contribution in [-0.4, -0.2) is 24.4 Å². The van der Waals surface area contributed by atoms with E-state index in [0.717, 1.165) is 33.7 Å². The van der Waals surface area contributed by atoms with Crippen molar-refractivity contribution in [2.45, 2.75) is 0 Å². The smallest absolute Gasteiger partial charge is 0.261 e. The molecule has 0 saturated carbocycles. The van der Waals surface area contributed by atoms with Crippen molar-refractivity contribution in [2.75, 3.05) is 0 Å². The van der Waals surface area contributed by atoms with Crippen molar-refractivity contribution in [1.29, 1.82) is 0 Å². The fraction of sp³-hybridized carbons (Fsp3) is 0.0500. The molecule has 1 N–H and O–H groups in total. The predicted octanol–water partition coefficient (Wildman–Crippen LogP) is 3.24. The van der Waals surface area contributed by atoms with Gasteiger partial charge in [0.15, 0.2) is 0 Å². The Labute approximate surface area is 148 Å². The van der Waals surface area contributed by atoms with Crippen molar-refractivity contribution < 1.29 is 0 Å². The molecule has 0 unspecified atom stereocenters. The number of benzene rings is 2. The number of aryl methyl sites for hydroxylation is 1. The van der Waals surface area contributed by atoms with Crippen LogP contribution in [0.15, 0.2) is 71.7 Å². The van der Waals surface area contributed by atoms with Crippen LogP contribution in [0.5, 0.6) is 0 Å². The van der Waals surface area contributed by atoms with Crippen LogP contribution in [0.3, 0.4) is 0 Å². The van der Waals surface area contributed by atoms with E-state index in [4.69, 9.17) is 5.10 Å². The molecular weight excluding hydrogens is 326 g/mol. The maximum absolute atomic E-state index is 12.8. The predicted molar refractivity (Wildman–Crippen MR) is 101 cm³/mol. The van der Waals surface area contributed by atoms with Gasteiger partial charge in [0.2, 0.25) is 0 Å². The third-order valence-corrected chi connectivity index (χ3v) is 4.66. The van der Waals surface area contributed by atoms with Crippen molar-refractivity contribution in [2.24, 2.45) is 7.05 Å². The zero-order chi connectivity index (χ0) is 17.7. The van der Waals surface area contributed by atoms with Gasteiger partial charge in [-0.2, -0.15) is 10.2 Å². The van der Waals surface area contributed by atoms with E-state index < -0.39 is 0 Å². The molecule has 0 atom stereocenters. The highest BCUT2D eigenvalue weighted by Gasteiger charge is 2.14. The van der Waals surface area contributed by atoms with E-state index in [9.17, 15) is 4.79 Å². The zero-order valence-electron chi connectivity index (χ0n) is 14.0. The van der Waals surface area contributed by atoms with E-state index in [1.165, 1.54) is 0 Å². The molecule has 126 valence electrons. The summed E-state index contributed by atoms with van der Waals surface area (Å²) in [5, 5.41) is 12.4. The van der Waals surface area contributed by atoms with Gasteiger partial charge in [-0.3, -0.25) is 14.5 Å². The van der Waals surface area contributed by atoms with Gasteiger partial charge >= 0.3 is 0 Å². The molecule has 0 amide bonds. The Morgan fingerprint density at radius 2 is 1.77 bits per heavy atom. The summed E-state index contributed by atoms with van der Waals surface area (Å²) >= 11 is 0. The number of hydrogen-bond donors (Lipinski definition) is 1. The first-order valence-corrected chi connectivity index (χ1v) is 8.30. The molecule has 6 heteroatoms. The average molecular weight is 341 g/mol.